The second-order valence-electron chi connectivity index (χ2n) is 3.16. The van der Waals surface area contributed by atoms with Crippen molar-refractivity contribution in [2.75, 3.05) is 27.4 Å². The van der Waals surface area contributed by atoms with Gasteiger partial charge in [0.15, 0.2) is 6.29 Å². The molecular weight excluding hydrogens is 188 g/mol. The fourth-order valence-electron chi connectivity index (χ4n) is 1.26. The van der Waals surface area contributed by atoms with Crippen molar-refractivity contribution in [3.63, 3.8) is 0 Å². The first-order chi connectivity index (χ1) is 6.69. The number of hydrogen-bond donors (Lipinski definition) is 3. The maximum Gasteiger partial charge on any atom is 0.157 e. The van der Waals surface area contributed by atoms with Crippen molar-refractivity contribution in [2.45, 2.75) is 25.2 Å². The second-order valence-corrected chi connectivity index (χ2v) is 3.16. The van der Waals surface area contributed by atoms with Crippen LogP contribution in [0, 0.1) is 5.92 Å². The first kappa shape index (κ1) is 13.8. The van der Waals surface area contributed by atoms with E-state index in [2.05, 4.69) is 0 Å². The average Bonchev–Trinajstić information content (AvgIpc) is 2.20. The zero-order valence-electron chi connectivity index (χ0n) is 8.72. The lowest BCUT2D eigenvalue weighted by atomic mass is 9.97. The summed E-state index contributed by atoms with van der Waals surface area (Å²) in [6, 6.07) is 0. The molecule has 0 aliphatic rings. The van der Waals surface area contributed by atoms with Gasteiger partial charge in [-0.1, -0.05) is 0 Å². The number of rotatable bonds is 8. The molecule has 0 spiro atoms. The van der Waals surface area contributed by atoms with Crippen LogP contribution >= 0.6 is 0 Å². The van der Waals surface area contributed by atoms with E-state index in [-0.39, 0.29) is 25.6 Å². The molecule has 3 N–H and O–H groups in total. The molecule has 0 saturated heterocycles. The number of ether oxygens (including phenoxy) is 2. The lowest BCUT2D eigenvalue weighted by molar-refractivity contribution is -0.126. The zero-order valence-corrected chi connectivity index (χ0v) is 8.72. The molecule has 0 rings (SSSR count). The molecule has 86 valence electrons. The first-order valence-corrected chi connectivity index (χ1v) is 4.64. The van der Waals surface area contributed by atoms with Crippen LogP contribution in [0.4, 0.5) is 0 Å². The lowest BCUT2D eigenvalue weighted by Crippen LogP contribution is -2.30. The molecule has 5 heteroatoms. The molecule has 0 heterocycles. The Morgan fingerprint density at radius 3 is 2.07 bits per heavy atom. The molecule has 0 radical (unpaired) electrons. The summed E-state index contributed by atoms with van der Waals surface area (Å²) in [4.78, 5) is 0. The van der Waals surface area contributed by atoms with Crippen LogP contribution in [0.3, 0.4) is 0 Å². The molecule has 0 aromatic heterocycles. The molecule has 0 saturated carbocycles. The predicted molar refractivity (Wildman–Crippen MR) is 50.7 cm³/mol. The van der Waals surface area contributed by atoms with Crippen molar-refractivity contribution in [1.29, 1.82) is 0 Å². The molecular formula is C9H20O5. The predicted octanol–water partition coefficient (Wildman–Crippen LogP) is -0.653. The van der Waals surface area contributed by atoms with Gasteiger partial charge in [0.1, 0.15) is 0 Å². The number of aliphatic hydroxyl groups excluding tert-OH is 3. The van der Waals surface area contributed by atoms with Crippen LogP contribution in [0.1, 0.15) is 12.8 Å². The molecule has 0 aliphatic heterocycles. The summed E-state index contributed by atoms with van der Waals surface area (Å²) < 4.78 is 9.91. The van der Waals surface area contributed by atoms with Gasteiger partial charge in [-0.05, 0) is 6.42 Å². The second kappa shape index (κ2) is 8.14. The fourth-order valence-corrected chi connectivity index (χ4v) is 1.26. The van der Waals surface area contributed by atoms with Gasteiger partial charge in [-0.3, -0.25) is 0 Å². The molecule has 0 amide bonds. The van der Waals surface area contributed by atoms with Crippen molar-refractivity contribution in [1.82, 2.24) is 0 Å². The zero-order chi connectivity index (χ0) is 11.0. The Labute approximate surface area is 84.3 Å². The van der Waals surface area contributed by atoms with Crippen LogP contribution < -0.4 is 0 Å². The number of hydrogen-bond acceptors (Lipinski definition) is 5. The highest BCUT2D eigenvalue weighted by Crippen LogP contribution is 2.15. The van der Waals surface area contributed by atoms with Gasteiger partial charge in [0.25, 0.3) is 0 Å². The maximum absolute atomic E-state index is 9.52. The normalized spacial score (nSPS) is 15.9. The Morgan fingerprint density at radius 1 is 1.14 bits per heavy atom. The first-order valence-electron chi connectivity index (χ1n) is 4.64. The topological polar surface area (TPSA) is 79.2 Å². The minimum Gasteiger partial charge on any atom is -0.396 e. The standard InChI is InChI=1S/C9H20O5/c1-13-9(14-2)5-7(6-11)8(12)3-4-10/h7-12H,3-6H2,1-2H3/t7-,8-/m1/s1. The van der Waals surface area contributed by atoms with Gasteiger partial charge >= 0.3 is 0 Å². The van der Waals surface area contributed by atoms with Crippen molar-refractivity contribution >= 4 is 0 Å². The van der Waals surface area contributed by atoms with E-state index in [9.17, 15) is 5.11 Å². The summed E-state index contributed by atoms with van der Waals surface area (Å²) in [6.45, 7) is -0.243. The Hall–Kier alpha value is -0.200. The summed E-state index contributed by atoms with van der Waals surface area (Å²) in [5.74, 6) is -0.327. The molecule has 14 heavy (non-hydrogen) atoms. The van der Waals surface area contributed by atoms with Gasteiger partial charge in [0.05, 0.1) is 6.10 Å². The van der Waals surface area contributed by atoms with E-state index in [0.717, 1.165) is 0 Å². The van der Waals surface area contributed by atoms with E-state index < -0.39 is 12.4 Å². The summed E-state index contributed by atoms with van der Waals surface area (Å²) in [7, 11) is 3.00. The number of methoxy groups -OCH3 is 2. The van der Waals surface area contributed by atoms with Crippen molar-refractivity contribution in [2.24, 2.45) is 5.92 Å². The van der Waals surface area contributed by atoms with Crippen LogP contribution in [0.5, 0.6) is 0 Å². The van der Waals surface area contributed by atoms with E-state index >= 15 is 0 Å². The van der Waals surface area contributed by atoms with Crippen LogP contribution in [0.25, 0.3) is 0 Å². The van der Waals surface area contributed by atoms with E-state index in [1.54, 1.807) is 0 Å². The molecule has 0 bridgehead atoms. The third-order valence-electron chi connectivity index (χ3n) is 2.22. The quantitative estimate of drug-likeness (QED) is 0.462. The Balaban J connectivity index is 3.98. The highest BCUT2D eigenvalue weighted by atomic mass is 16.7. The average molecular weight is 208 g/mol. The lowest BCUT2D eigenvalue weighted by Gasteiger charge is -2.23. The van der Waals surface area contributed by atoms with Crippen molar-refractivity contribution in [3.05, 3.63) is 0 Å². The van der Waals surface area contributed by atoms with Crippen LogP contribution in [0.2, 0.25) is 0 Å². The van der Waals surface area contributed by atoms with E-state index in [1.807, 2.05) is 0 Å². The summed E-state index contributed by atoms with van der Waals surface area (Å²) in [5.41, 5.74) is 0. The van der Waals surface area contributed by atoms with Crippen LogP contribution in [-0.4, -0.2) is 55.1 Å². The summed E-state index contributed by atoms with van der Waals surface area (Å²) in [6.07, 6.45) is -0.492. The molecule has 0 aliphatic carbocycles. The highest BCUT2D eigenvalue weighted by molar-refractivity contribution is 4.69. The van der Waals surface area contributed by atoms with E-state index in [4.69, 9.17) is 19.7 Å². The largest absolute Gasteiger partial charge is 0.396 e. The minimum atomic E-state index is -0.724. The van der Waals surface area contributed by atoms with Gasteiger partial charge in [0.2, 0.25) is 0 Å². The fraction of sp³-hybridized carbons (Fsp3) is 1.00. The van der Waals surface area contributed by atoms with Crippen LogP contribution in [0.15, 0.2) is 0 Å². The Bertz CT molecular complexity index is 126. The maximum atomic E-state index is 9.52. The Morgan fingerprint density at radius 2 is 1.71 bits per heavy atom. The minimum absolute atomic E-state index is 0.0949. The van der Waals surface area contributed by atoms with E-state index in [0.29, 0.717) is 6.42 Å². The third-order valence-corrected chi connectivity index (χ3v) is 2.22. The van der Waals surface area contributed by atoms with Gasteiger partial charge < -0.3 is 24.8 Å². The molecule has 5 nitrogen and oxygen atoms in total. The molecule has 0 aromatic carbocycles. The van der Waals surface area contributed by atoms with Crippen molar-refractivity contribution in [3.8, 4) is 0 Å². The van der Waals surface area contributed by atoms with Gasteiger partial charge in [-0.25, -0.2) is 0 Å². The van der Waals surface area contributed by atoms with Gasteiger partial charge in [-0.2, -0.15) is 0 Å². The SMILES string of the molecule is COC(C[C@H](CO)[C@H](O)CCO)OC. The van der Waals surface area contributed by atoms with Crippen LogP contribution in [-0.2, 0) is 9.47 Å². The van der Waals surface area contributed by atoms with Gasteiger partial charge in [-0.15, -0.1) is 0 Å². The molecule has 0 fully saturated rings. The van der Waals surface area contributed by atoms with Crippen molar-refractivity contribution < 1.29 is 24.8 Å². The van der Waals surface area contributed by atoms with E-state index in [1.165, 1.54) is 14.2 Å². The number of aliphatic hydroxyl groups is 3. The smallest absolute Gasteiger partial charge is 0.157 e. The van der Waals surface area contributed by atoms with Gasteiger partial charge in [0, 0.05) is 39.8 Å². The highest BCUT2D eigenvalue weighted by Gasteiger charge is 2.22. The third kappa shape index (κ3) is 4.88. The molecule has 0 unspecified atom stereocenters. The Kier molecular flexibility index (Phi) is 8.02. The summed E-state index contributed by atoms with van der Waals surface area (Å²) in [5, 5.41) is 27.2. The monoisotopic (exact) mass is 208 g/mol. The molecule has 0 aromatic rings. The molecule has 2 atom stereocenters. The summed E-state index contributed by atoms with van der Waals surface area (Å²) >= 11 is 0.